The van der Waals surface area contributed by atoms with Gasteiger partial charge in [-0.2, -0.15) is 0 Å². The predicted molar refractivity (Wildman–Crippen MR) is 271 cm³/mol. The zero-order valence-electron chi connectivity index (χ0n) is 42.3. The Labute approximate surface area is 420 Å². The number of carbonyl (C=O) groups excluding carboxylic acids is 8. The number of benzene rings is 2. The van der Waals surface area contributed by atoms with Crippen LogP contribution in [0.3, 0.4) is 0 Å². The molecule has 2 heterocycles. The van der Waals surface area contributed by atoms with Gasteiger partial charge in [0.05, 0.1) is 31.1 Å². The van der Waals surface area contributed by atoms with Gasteiger partial charge >= 0.3 is 0 Å². The lowest BCUT2D eigenvalue weighted by Crippen LogP contribution is -2.59. The molecule has 0 fully saturated rings. The number of fused-ring (bicyclic) bond motifs is 1. The van der Waals surface area contributed by atoms with Gasteiger partial charge in [-0.3, -0.25) is 38.4 Å². The van der Waals surface area contributed by atoms with Crippen LogP contribution in [-0.2, 0) is 57.6 Å². The zero-order chi connectivity index (χ0) is 53.1. The first kappa shape index (κ1) is 57.4. The lowest BCUT2D eigenvalue weighted by atomic mass is 9.93. The summed E-state index contributed by atoms with van der Waals surface area (Å²) in [7, 11) is 0. The fourth-order valence-corrected chi connectivity index (χ4v) is 8.09. The summed E-state index contributed by atoms with van der Waals surface area (Å²) in [6.07, 6.45) is 4.45. The Balaban J connectivity index is 1.44. The highest BCUT2D eigenvalue weighted by Crippen LogP contribution is 2.20. The van der Waals surface area contributed by atoms with Crippen molar-refractivity contribution in [2.75, 3.05) is 6.54 Å². The van der Waals surface area contributed by atoms with E-state index in [1.807, 2.05) is 58.0 Å². The molecular weight excluding hydrogens is 925 g/mol. The number of rotatable bonds is 29. The summed E-state index contributed by atoms with van der Waals surface area (Å²) in [6.45, 7) is 12.1. The molecule has 0 aliphatic carbocycles. The van der Waals surface area contributed by atoms with E-state index in [1.165, 1.54) is 19.4 Å². The minimum Gasteiger partial charge on any atom is -0.391 e. The van der Waals surface area contributed by atoms with Crippen LogP contribution in [0.1, 0.15) is 91.0 Å². The molecule has 0 saturated heterocycles. The molecule has 0 aliphatic rings. The van der Waals surface area contributed by atoms with E-state index in [4.69, 9.17) is 11.5 Å². The third-order valence-corrected chi connectivity index (χ3v) is 12.0. The number of nitrogens with two attached hydrogens (primary N) is 2. The van der Waals surface area contributed by atoms with Gasteiger partial charge in [0.2, 0.25) is 47.3 Å². The molecule has 14 N–H and O–H groups in total. The molecule has 21 heteroatoms. The molecule has 0 bridgehead atoms. The molecule has 0 radical (unpaired) electrons. The third-order valence-electron chi connectivity index (χ3n) is 12.0. The van der Waals surface area contributed by atoms with Gasteiger partial charge in [-0.1, -0.05) is 90.1 Å². The third kappa shape index (κ3) is 18.6. The van der Waals surface area contributed by atoms with Crippen LogP contribution >= 0.6 is 0 Å². The maximum atomic E-state index is 14.2. The monoisotopic (exact) mass is 999 g/mol. The number of amides is 8. The van der Waals surface area contributed by atoms with Crippen LogP contribution in [0.25, 0.3) is 10.9 Å². The first-order valence-corrected chi connectivity index (χ1v) is 24.5. The van der Waals surface area contributed by atoms with E-state index in [-0.39, 0.29) is 43.9 Å². The molecule has 2 aromatic carbocycles. The topological polar surface area (TPSA) is 338 Å². The van der Waals surface area contributed by atoms with E-state index >= 15 is 0 Å². The minimum atomic E-state index is -1.33. The molecule has 72 heavy (non-hydrogen) atoms. The predicted octanol–water partition coefficient (Wildman–Crippen LogP) is 0.666. The van der Waals surface area contributed by atoms with Crippen molar-refractivity contribution in [3.05, 3.63) is 90.1 Å². The summed E-state index contributed by atoms with van der Waals surface area (Å²) < 4.78 is 0. The minimum absolute atomic E-state index is 0.0388. The molecule has 2 unspecified atom stereocenters. The number of aromatic nitrogens is 3. The Hall–Kier alpha value is -7.13. The van der Waals surface area contributed by atoms with Gasteiger partial charge in [-0.15, -0.1) is 0 Å². The molecule has 0 spiro atoms. The van der Waals surface area contributed by atoms with Gasteiger partial charge in [0.25, 0.3) is 0 Å². The fraction of sp³-hybridized carbons (Fsp3) is 0.510. The highest BCUT2D eigenvalue weighted by Gasteiger charge is 2.33. The Morgan fingerprint density at radius 3 is 1.92 bits per heavy atom. The van der Waals surface area contributed by atoms with E-state index in [0.717, 1.165) is 16.5 Å². The van der Waals surface area contributed by atoms with Crippen LogP contribution < -0.4 is 48.7 Å². The number of carbonyl (C=O) groups is 8. The molecular formula is C51H74N12O9. The number of para-hydroxylation sites is 1. The van der Waals surface area contributed by atoms with Crippen LogP contribution in [0.5, 0.6) is 0 Å². The average molecular weight is 999 g/mol. The van der Waals surface area contributed by atoms with E-state index in [1.54, 1.807) is 44.3 Å². The number of H-pyrrole nitrogens is 2. The summed E-state index contributed by atoms with van der Waals surface area (Å²) in [5.74, 6) is -5.86. The normalized spacial score (nSPS) is 14.8. The van der Waals surface area contributed by atoms with Gasteiger partial charge in [0.1, 0.15) is 30.2 Å². The largest absolute Gasteiger partial charge is 0.391 e. The Bertz CT molecular complexity index is 2420. The van der Waals surface area contributed by atoms with Gasteiger partial charge in [-0.25, -0.2) is 4.98 Å². The molecule has 0 aliphatic heterocycles. The van der Waals surface area contributed by atoms with E-state index in [2.05, 4.69) is 52.2 Å². The number of aromatic amines is 2. The van der Waals surface area contributed by atoms with Crippen LogP contribution in [0.2, 0.25) is 0 Å². The first-order chi connectivity index (χ1) is 34.1. The van der Waals surface area contributed by atoms with Crippen molar-refractivity contribution in [3.8, 4) is 0 Å². The Morgan fingerprint density at radius 1 is 0.653 bits per heavy atom. The molecule has 21 nitrogen and oxygen atoms in total. The second kappa shape index (κ2) is 28.0. The highest BCUT2D eigenvalue weighted by atomic mass is 16.3. The van der Waals surface area contributed by atoms with Gasteiger partial charge in [0, 0.05) is 48.3 Å². The molecule has 2 aromatic heterocycles. The smallest absolute Gasteiger partial charge is 0.243 e. The Kier molecular flexibility index (Phi) is 22.4. The van der Waals surface area contributed by atoms with Crippen LogP contribution in [0, 0.1) is 17.8 Å². The number of primary amides is 1. The van der Waals surface area contributed by atoms with Gasteiger partial charge < -0.3 is 63.8 Å². The van der Waals surface area contributed by atoms with Crippen molar-refractivity contribution in [2.24, 2.45) is 29.2 Å². The highest BCUT2D eigenvalue weighted by molar-refractivity contribution is 5.97. The molecule has 392 valence electrons. The van der Waals surface area contributed by atoms with Crippen LogP contribution in [0.15, 0.2) is 73.3 Å². The SMILES string of the molecule is CC(C)CC(O)C(CC(C)C)NC(=O)[C@H](Cc1cnc[nH]1)NC(=O)CNC(=O)[C@@H](NC(=O)[C@H](C)NC(=O)[C@H](Cc1c[nH]c2ccccc12)NC(=O)[C@H](CCC(N)=O)NC(=O)[C@H](N)Cc1ccccc1)C(C)C. The molecule has 0 saturated carbocycles. The first-order valence-electron chi connectivity index (χ1n) is 24.5. The number of nitrogens with one attached hydrogen (secondary N) is 9. The lowest BCUT2D eigenvalue weighted by Gasteiger charge is -2.29. The summed E-state index contributed by atoms with van der Waals surface area (Å²) in [5.41, 5.74) is 14.4. The number of aliphatic hydroxyl groups excluding tert-OH is 1. The maximum Gasteiger partial charge on any atom is 0.243 e. The van der Waals surface area contributed by atoms with Crippen molar-refractivity contribution in [3.63, 3.8) is 0 Å². The van der Waals surface area contributed by atoms with Crippen LogP contribution in [0.4, 0.5) is 0 Å². The number of nitrogens with zero attached hydrogens (tertiary/aromatic N) is 1. The number of hydrogen-bond donors (Lipinski definition) is 12. The number of hydrogen-bond acceptors (Lipinski definition) is 11. The van der Waals surface area contributed by atoms with Crippen LogP contribution in [-0.4, -0.2) is 122 Å². The van der Waals surface area contributed by atoms with Gasteiger partial charge in [-0.05, 0) is 67.6 Å². The van der Waals surface area contributed by atoms with E-state index < -0.39 is 108 Å². The molecule has 4 aromatic rings. The summed E-state index contributed by atoms with van der Waals surface area (Å²) in [5, 5.41) is 30.5. The summed E-state index contributed by atoms with van der Waals surface area (Å²) >= 11 is 0. The quantitative estimate of drug-likeness (QED) is 0.0359. The van der Waals surface area contributed by atoms with Gasteiger partial charge in [0.15, 0.2) is 0 Å². The van der Waals surface area contributed by atoms with E-state index in [9.17, 15) is 43.5 Å². The summed E-state index contributed by atoms with van der Waals surface area (Å²) in [6, 6.07) is 8.50. The van der Waals surface area contributed by atoms with Crippen molar-refractivity contribution in [1.82, 2.24) is 52.2 Å². The number of imidazole rings is 1. The van der Waals surface area contributed by atoms with Crippen molar-refractivity contribution >= 4 is 58.2 Å². The molecule has 8 amide bonds. The maximum absolute atomic E-state index is 14.2. The summed E-state index contributed by atoms with van der Waals surface area (Å²) in [4.78, 5) is 118. The standard InChI is InChI=1S/C51H74N12O9/c1-28(2)19-39(42(64)20-29(3)4)61-50(71)41(23-34-25-54-27-57-34)59-44(66)26-56-51(72)45(30(5)6)63-46(67)31(7)58-49(70)40(22-33-24-55-37-16-12-11-15-35(33)37)62-48(69)38(17-18-43(53)65)60-47(68)36(52)21-32-13-9-8-10-14-32/h8-16,24-25,27-31,36,38-42,45,55,64H,17-23,26,52H2,1-7H3,(H2,53,65)(H,54,57)(H,56,72)(H,58,70)(H,59,66)(H,60,68)(H,61,71)(H,62,69)(H,63,67)/t31-,36+,38-,39?,40-,41-,42?,45-/m0/s1. The van der Waals surface area contributed by atoms with E-state index in [0.29, 0.717) is 24.1 Å². The fourth-order valence-electron chi connectivity index (χ4n) is 8.09. The van der Waals surface area contributed by atoms with Crippen molar-refractivity contribution in [2.45, 2.75) is 142 Å². The second-order valence-corrected chi connectivity index (χ2v) is 19.5. The molecule has 4 rings (SSSR count). The number of aliphatic hydroxyl groups is 1. The Morgan fingerprint density at radius 2 is 1.28 bits per heavy atom. The second-order valence-electron chi connectivity index (χ2n) is 19.5. The van der Waals surface area contributed by atoms with Crippen molar-refractivity contribution in [1.29, 1.82) is 0 Å². The molecule has 8 atom stereocenters. The average Bonchev–Trinajstić information content (AvgIpc) is 4.00. The lowest BCUT2D eigenvalue weighted by molar-refractivity contribution is -0.135. The zero-order valence-corrected chi connectivity index (χ0v) is 42.3. The van der Waals surface area contributed by atoms with Crippen molar-refractivity contribution < 1.29 is 43.5 Å².